The third kappa shape index (κ3) is 6.79. The minimum absolute atomic E-state index is 0.0902. The highest BCUT2D eigenvalue weighted by Crippen LogP contribution is 2.38. The molecule has 0 spiro atoms. The predicted octanol–water partition coefficient (Wildman–Crippen LogP) is 5.85. The molecule has 0 aliphatic carbocycles. The van der Waals surface area contributed by atoms with Gasteiger partial charge in [-0.15, -0.1) is 11.3 Å². The zero-order valence-electron chi connectivity index (χ0n) is 27.2. The van der Waals surface area contributed by atoms with Gasteiger partial charge in [-0.1, -0.05) is 23.7 Å². The van der Waals surface area contributed by atoms with Gasteiger partial charge in [0.2, 0.25) is 0 Å². The topological polar surface area (TPSA) is 137 Å². The smallest absolute Gasteiger partial charge is 0.338 e. The van der Waals surface area contributed by atoms with Crippen LogP contribution in [0, 0.1) is 17.5 Å². The number of urea groups is 1. The van der Waals surface area contributed by atoms with Gasteiger partial charge in [-0.2, -0.15) is 0 Å². The first kappa shape index (κ1) is 35.0. The number of fused-ring (bicyclic) bond motifs is 1. The van der Waals surface area contributed by atoms with Crippen molar-refractivity contribution in [3.63, 3.8) is 0 Å². The number of piperazine rings is 1. The number of esters is 1. The molecule has 2 atom stereocenters. The maximum absolute atomic E-state index is 14.8. The summed E-state index contributed by atoms with van der Waals surface area (Å²) in [5.74, 6) is -4.39. The van der Waals surface area contributed by atoms with Crippen LogP contribution in [0.5, 0.6) is 11.5 Å². The summed E-state index contributed by atoms with van der Waals surface area (Å²) in [5, 5.41) is 14.5. The van der Waals surface area contributed by atoms with E-state index in [1.165, 1.54) is 47.6 Å². The number of benzene rings is 3. The third-order valence-corrected chi connectivity index (χ3v) is 10.0. The predicted molar refractivity (Wildman–Crippen MR) is 184 cm³/mol. The summed E-state index contributed by atoms with van der Waals surface area (Å²) < 4.78 is 54.8. The van der Waals surface area contributed by atoms with Crippen molar-refractivity contribution >= 4 is 52.4 Å². The van der Waals surface area contributed by atoms with Gasteiger partial charge in [0, 0.05) is 67.7 Å². The molecule has 4 aromatic rings. The number of carbonyl (C=O) groups excluding carboxylic acids is 2. The molecule has 2 saturated heterocycles. The highest BCUT2D eigenvalue weighted by Gasteiger charge is 2.42. The Morgan fingerprint density at radius 3 is 2.63 bits per heavy atom. The highest BCUT2D eigenvalue weighted by atomic mass is 35.5. The number of carboxylic acid groups (broad SMARTS) is 1. The Labute approximate surface area is 303 Å². The number of amides is 2. The minimum atomic E-state index is -1.32. The summed E-state index contributed by atoms with van der Waals surface area (Å²) in [5.41, 5.74) is 0.771. The Morgan fingerprint density at radius 2 is 1.90 bits per heavy atom. The average molecular weight is 753 g/mol. The molecule has 268 valence electrons. The summed E-state index contributed by atoms with van der Waals surface area (Å²) >= 11 is 7.73. The van der Waals surface area contributed by atoms with Gasteiger partial charge >= 0.3 is 18.0 Å². The van der Waals surface area contributed by atoms with Gasteiger partial charge in [0.25, 0.3) is 0 Å². The summed E-state index contributed by atoms with van der Waals surface area (Å²) in [6, 6.07) is 9.27. The van der Waals surface area contributed by atoms with Crippen molar-refractivity contribution in [3.8, 4) is 11.5 Å². The van der Waals surface area contributed by atoms with E-state index in [-0.39, 0.29) is 64.1 Å². The van der Waals surface area contributed by atoms with E-state index < -0.39 is 35.4 Å². The van der Waals surface area contributed by atoms with Gasteiger partial charge in [0.15, 0.2) is 22.4 Å². The molecular formula is C35H28ClF3N6O6S. The van der Waals surface area contributed by atoms with Crippen LogP contribution in [-0.4, -0.2) is 89.6 Å². The third-order valence-electron chi connectivity index (χ3n) is 8.84. The molecule has 3 aromatic carbocycles. The quantitative estimate of drug-likeness (QED) is 0.202. The number of aliphatic imine (C=N–C) groups is 1. The maximum atomic E-state index is 14.8. The number of halogens is 4. The second kappa shape index (κ2) is 14.3. The first-order valence-electron chi connectivity index (χ1n) is 15.8. The molecule has 7 rings (SSSR count). The Hall–Kier alpha value is -5.45. The maximum Gasteiger partial charge on any atom is 0.338 e. The van der Waals surface area contributed by atoms with E-state index in [4.69, 9.17) is 31.2 Å². The van der Waals surface area contributed by atoms with Crippen molar-refractivity contribution < 1.29 is 42.1 Å². The van der Waals surface area contributed by atoms with Gasteiger partial charge in [-0.05, 0) is 30.3 Å². The van der Waals surface area contributed by atoms with E-state index in [1.807, 2.05) is 4.90 Å². The lowest BCUT2D eigenvalue weighted by atomic mass is 9.95. The van der Waals surface area contributed by atoms with Gasteiger partial charge < -0.3 is 24.8 Å². The first-order chi connectivity index (χ1) is 25.0. The van der Waals surface area contributed by atoms with Crippen LogP contribution in [0.25, 0.3) is 0 Å². The second-order valence-corrected chi connectivity index (χ2v) is 13.3. The number of hydrogen-bond acceptors (Lipinski definition) is 10. The molecule has 0 radical (unpaired) electrons. The zero-order valence-corrected chi connectivity index (χ0v) is 28.8. The number of nitrogens with zero attached hydrogens (tertiary/aromatic N) is 5. The van der Waals surface area contributed by atoms with E-state index in [2.05, 4.69) is 10.3 Å². The molecule has 2 fully saturated rings. The molecule has 52 heavy (non-hydrogen) atoms. The van der Waals surface area contributed by atoms with Crippen LogP contribution < -0.4 is 15.0 Å². The standard InChI is InChI=1S/C35H28ClF3N6O6S/c1-50-34(48)28-26(41-31(32-40-7-10-52-32)42-30(28)23-3-2-4-24(38)29(23)36)17-43-8-9-44-21(15-43)16-45(35(44)49)20-12-19(37)13-22(14-20)51-27-6-5-18(33(46)47)11-25(27)39/h2-7,10-14,21,30H,8-9,15-17H2,1H3,(H,41,42)(H,46,47). The summed E-state index contributed by atoms with van der Waals surface area (Å²) in [6.45, 7) is 1.47. The molecule has 3 aliphatic rings. The number of ether oxygens (including phenoxy) is 2. The lowest BCUT2D eigenvalue weighted by molar-refractivity contribution is -0.136. The van der Waals surface area contributed by atoms with Crippen LogP contribution in [0.15, 0.2) is 82.4 Å². The molecule has 4 heterocycles. The molecule has 1 aromatic heterocycles. The summed E-state index contributed by atoms with van der Waals surface area (Å²) in [7, 11) is 1.24. The van der Waals surface area contributed by atoms with Gasteiger partial charge in [-0.25, -0.2) is 32.5 Å². The number of amidine groups is 1. The van der Waals surface area contributed by atoms with Crippen molar-refractivity contribution in [2.45, 2.75) is 12.1 Å². The number of rotatable bonds is 9. The van der Waals surface area contributed by atoms with E-state index in [0.717, 1.165) is 24.3 Å². The van der Waals surface area contributed by atoms with Crippen molar-refractivity contribution in [2.24, 2.45) is 4.99 Å². The Kier molecular flexibility index (Phi) is 9.61. The molecule has 2 unspecified atom stereocenters. The van der Waals surface area contributed by atoms with Crippen LogP contribution in [0.3, 0.4) is 0 Å². The molecule has 0 bridgehead atoms. The van der Waals surface area contributed by atoms with Crippen LogP contribution in [0.2, 0.25) is 5.02 Å². The number of thiazole rings is 1. The van der Waals surface area contributed by atoms with E-state index in [1.54, 1.807) is 22.5 Å². The monoisotopic (exact) mass is 752 g/mol. The number of carbonyl (C=O) groups is 3. The first-order valence-corrected chi connectivity index (χ1v) is 17.1. The average Bonchev–Trinajstić information content (AvgIpc) is 3.78. The lowest BCUT2D eigenvalue weighted by Crippen LogP contribution is -2.53. The van der Waals surface area contributed by atoms with E-state index in [9.17, 15) is 27.6 Å². The van der Waals surface area contributed by atoms with Gasteiger partial charge in [-0.3, -0.25) is 14.8 Å². The molecule has 12 nitrogen and oxygen atoms in total. The molecule has 17 heteroatoms. The minimum Gasteiger partial charge on any atom is -0.478 e. The second-order valence-electron chi connectivity index (χ2n) is 12.0. The van der Waals surface area contributed by atoms with Crippen LogP contribution in [0.1, 0.15) is 27.0 Å². The van der Waals surface area contributed by atoms with Crippen molar-refractivity contribution in [1.29, 1.82) is 0 Å². The van der Waals surface area contributed by atoms with E-state index >= 15 is 0 Å². The van der Waals surface area contributed by atoms with Crippen LogP contribution in [-0.2, 0) is 9.53 Å². The number of aromatic nitrogens is 1. The van der Waals surface area contributed by atoms with Crippen molar-refractivity contribution in [2.75, 3.05) is 44.7 Å². The molecular weight excluding hydrogens is 725 g/mol. The Bertz CT molecular complexity index is 2150. The van der Waals surface area contributed by atoms with Crippen molar-refractivity contribution in [1.82, 2.24) is 20.1 Å². The highest BCUT2D eigenvalue weighted by molar-refractivity contribution is 7.11. The zero-order chi connectivity index (χ0) is 36.7. The Morgan fingerprint density at radius 1 is 1.08 bits per heavy atom. The normalized spacial score (nSPS) is 18.9. The molecule has 3 aliphatic heterocycles. The molecule has 2 amide bonds. The number of hydrogen-bond donors (Lipinski definition) is 2. The van der Waals surface area contributed by atoms with Gasteiger partial charge in [0.05, 0.1) is 35.0 Å². The lowest BCUT2D eigenvalue weighted by Gasteiger charge is -2.38. The fourth-order valence-electron chi connectivity index (χ4n) is 6.44. The Balaban J connectivity index is 1.13. The van der Waals surface area contributed by atoms with Crippen molar-refractivity contribution in [3.05, 3.63) is 116 Å². The summed E-state index contributed by atoms with van der Waals surface area (Å²) in [6.07, 6.45) is 1.61. The fourth-order valence-corrected chi connectivity index (χ4v) is 7.25. The number of methoxy groups -OCH3 is 1. The number of aromatic carboxylic acids is 1. The van der Waals surface area contributed by atoms with Crippen LogP contribution in [0.4, 0.5) is 23.7 Å². The van der Waals surface area contributed by atoms with E-state index in [0.29, 0.717) is 36.2 Å². The molecule has 0 saturated carbocycles. The SMILES string of the molecule is COC(=O)C1=C(CN2CCN3C(=O)N(c4cc(F)cc(Oc5ccc(C(=O)O)cc5F)c4)CC3C2)NC(c2nccs2)=NC1c1cccc(F)c1Cl. The summed E-state index contributed by atoms with van der Waals surface area (Å²) in [4.78, 5) is 52.3. The largest absolute Gasteiger partial charge is 0.478 e. The van der Waals surface area contributed by atoms with Crippen LogP contribution >= 0.6 is 22.9 Å². The number of nitrogens with one attached hydrogen (secondary N) is 1. The number of carboxylic acids is 1. The van der Waals surface area contributed by atoms with Gasteiger partial charge in [0.1, 0.15) is 23.4 Å². The number of anilines is 1. The fraction of sp³-hybridized carbons (Fsp3) is 0.229. The molecule has 2 N–H and O–H groups in total.